The molecule has 0 amide bonds. The summed E-state index contributed by atoms with van der Waals surface area (Å²) in [6.07, 6.45) is 6.71. The molecule has 0 aliphatic rings. The van der Waals surface area contributed by atoms with Gasteiger partial charge in [-0.05, 0) is 44.2 Å². The van der Waals surface area contributed by atoms with Crippen LogP contribution in [0.2, 0.25) is 0 Å². The first kappa shape index (κ1) is 30.7. The fourth-order valence-corrected chi connectivity index (χ4v) is 4.50. The number of hydrogen-bond donors (Lipinski definition) is 0. The summed E-state index contributed by atoms with van der Waals surface area (Å²) in [5.74, 6) is -0.972. The molecule has 0 aliphatic heterocycles. The van der Waals surface area contributed by atoms with Crippen LogP contribution >= 0.6 is 0 Å². The van der Waals surface area contributed by atoms with Crippen molar-refractivity contribution in [3.63, 3.8) is 0 Å². The van der Waals surface area contributed by atoms with Crippen molar-refractivity contribution < 1.29 is 28.6 Å². The van der Waals surface area contributed by atoms with E-state index in [0.29, 0.717) is 37.7 Å². The Balaban J connectivity index is 3.17. The minimum Gasteiger partial charge on any atom is -0.461 e. The maximum atomic E-state index is 12.8. The van der Waals surface area contributed by atoms with E-state index >= 15 is 0 Å². The van der Waals surface area contributed by atoms with Crippen LogP contribution in [0.15, 0.2) is 30.3 Å². The third kappa shape index (κ3) is 10.0. The van der Waals surface area contributed by atoms with E-state index in [-0.39, 0.29) is 18.5 Å². The van der Waals surface area contributed by atoms with Gasteiger partial charge in [0.2, 0.25) is 0 Å². The Kier molecular flexibility index (Phi) is 15.0. The molecule has 198 valence electrons. The van der Waals surface area contributed by atoms with Crippen molar-refractivity contribution in [1.29, 1.82) is 0 Å². The first-order valence-electron chi connectivity index (χ1n) is 13.5. The van der Waals surface area contributed by atoms with Gasteiger partial charge in [-0.1, -0.05) is 78.5 Å². The SMILES string of the molecule is CCCCCC(=O)OC(CC)C(CC)(COC(=O)c1ccccc1)C(CC)OC(=O)CCCCC. The Morgan fingerprint density at radius 1 is 0.743 bits per heavy atom. The molecular formula is C29H46O6. The number of benzene rings is 1. The zero-order valence-corrected chi connectivity index (χ0v) is 22.5. The number of esters is 3. The van der Waals surface area contributed by atoms with Crippen LogP contribution in [0.1, 0.15) is 116 Å². The summed E-state index contributed by atoms with van der Waals surface area (Å²) < 4.78 is 17.8. The molecule has 0 fully saturated rings. The highest BCUT2D eigenvalue weighted by molar-refractivity contribution is 5.89. The first-order valence-corrected chi connectivity index (χ1v) is 13.5. The van der Waals surface area contributed by atoms with Crippen LogP contribution in [-0.2, 0) is 23.8 Å². The summed E-state index contributed by atoms with van der Waals surface area (Å²) in [4.78, 5) is 38.1. The Labute approximate surface area is 212 Å². The maximum Gasteiger partial charge on any atom is 0.338 e. The number of ether oxygens (including phenoxy) is 3. The fraction of sp³-hybridized carbons (Fsp3) is 0.690. The average molecular weight is 491 g/mol. The zero-order chi connectivity index (χ0) is 26.1. The monoisotopic (exact) mass is 490 g/mol. The molecular weight excluding hydrogens is 444 g/mol. The zero-order valence-electron chi connectivity index (χ0n) is 22.5. The topological polar surface area (TPSA) is 78.9 Å². The minimum atomic E-state index is -0.839. The Morgan fingerprint density at radius 3 is 1.63 bits per heavy atom. The van der Waals surface area contributed by atoms with E-state index in [4.69, 9.17) is 14.2 Å². The summed E-state index contributed by atoms with van der Waals surface area (Å²) in [7, 11) is 0. The van der Waals surface area contributed by atoms with E-state index < -0.39 is 23.6 Å². The number of hydrogen-bond acceptors (Lipinski definition) is 6. The summed E-state index contributed by atoms with van der Waals surface area (Å²) in [5, 5.41) is 0. The molecule has 35 heavy (non-hydrogen) atoms. The van der Waals surface area contributed by atoms with Crippen LogP contribution in [0.5, 0.6) is 0 Å². The van der Waals surface area contributed by atoms with Crippen molar-refractivity contribution in [2.45, 2.75) is 117 Å². The smallest absolute Gasteiger partial charge is 0.338 e. The third-order valence-electron chi connectivity index (χ3n) is 6.68. The van der Waals surface area contributed by atoms with E-state index in [1.54, 1.807) is 24.3 Å². The highest BCUT2D eigenvalue weighted by atomic mass is 16.6. The number of carbonyl (C=O) groups is 3. The quantitative estimate of drug-likeness (QED) is 0.125. The van der Waals surface area contributed by atoms with Crippen molar-refractivity contribution in [2.24, 2.45) is 5.41 Å². The normalized spacial score (nSPS) is 14.4. The van der Waals surface area contributed by atoms with E-state index in [1.165, 1.54) is 0 Å². The Bertz CT molecular complexity index is 713. The molecule has 0 saturated heterocycles. The van der Waals surface area contributed by atoms with Gasteiger partial charge in [0.1, 0.15) is 18.8 Å². The van der Waals surface area contributed by atoms with Crippen molar-refractivity contribution >= 4 is 17.9 Å². The Hall–Kier alpha value is -2.37. The second kappa shape index (κ2) is 17.1. The largest absolute Gasteiger partial charge is 0.461 e. The van der Waals surface area contributed by atoms with Gasteiger partial charge >= 0.3 is 17.9 Å². The van der Waals surface area contributed by atoms with Crippen molar-refractivity contribution in [2.75, 3.05) is 6.61 Å². The van der Waals surface area contributed by atoms with Crippen LogP contribution < -0.4 is 0 Å². The van der Waals surface area contributed by atoms with Crippen LogP contribution in [0.4, 0.5) is 0 Å². The van der Waals surface area contributed by atoms with E-state index in [0.717, 1.165) is 38.5 Å². The average Bonchev–Trinajstić information content (AvgIpc) is 2.88. The Morgan fingerprint density at radius 2 is 1.23 bits per heavy atom. The first-order chi connectivity index (χ1) is 16.9. The second-order valence-electron chi connectivity index (χ2n) is 9.22. The molecule has 0 saturated carbocycles. The van der Waals surface area contributed by atoms with Crippen molar-refractivity contribution in [3.05, 3.63) is 35.9 Å². The van der Waals surface area contributed by atoms with Gasteiger partial charge in [-0.25, -0.2) is 4.79 Å². The van der Waals surface area contributed by atoms with Crippen LogP contribution in [0.3, 0.4) is 0 Å². The van der Waals surface area contributed by atoms with Gasteiger partial charge < -0.3 is 14.2 Å². The molecule has 2 atom stereocenters. The molecule has 0 aromatic heterocycles. The van der Waals surface area contributed by atoms with Gasteiger partial charge in [0.15, 0.2) is 0 Å². The molecule has 1 aromatic carbocycles. The molecule has 0 spiro atoms. The predicted molar refractivity (Wildman–Crippen MR) is 138 cm³/mol. The molecule has 2 unspecified atom stereocenters. The van der Waals surface area contributed by atoms with E-state index in [1.807, 2.05) is 26.8 Å². The lowest BCUT2D eigenvalue weighted by Crippen LogP contribution is -2.52. The summed E-state index contributed by atoms with van der Waals surface area (Å²) >= 11 is 0. The molecule has 0 radical (unpaired) electrons. The minimum absolute atomic E-state index is 0.00127. The predicted octanol–water partition coefficient (Wildman–Crippen LogP) is 7.04. The third-order valence-corrected chi connectivity index (χ3v) is 6.68. The van der Waals surface area contributed by atoms with Gasteiger partial charge in [-0.15, -0.1) is 0 Å². The highest BCUT2D eigenvalue weighted by Gasteiger charge is 2.48. The molecule has 6 nitrogen and oxygen atoms in total. The highest BCUT2D eigenvalue weighted by Crippen LogP contribution is 2.39. The van der Waals surface area contributed by atoms with E-state index in [2.05, 4.69) is 13.8 Å². The van der Waals surface area contributed by atoms with E-state index in [9.17, 15) is 14.4 Å². The van der Waals surface area contributed by atoms with Gasteiger partial charge in [-0.3, -0.25) is 9.59 Å². The molecule has 0 N–H and O–H groups in total. The van der Waals surface area contributed by atoms with Crippen LogP contribution in [-0.4, -0.2) is 36.7 Å². The number of rotatable bonds is 18. The summed E-state index contributed by atoms with van der Waals surface area (Å²) in [6, 6.07) is 8.80. The number of carbonyl (C=O) groups excluding carboxylic acids is 3. The van der Waals surface area contributed by atoms with Gasteiger partial charge in [0.25, 0.3) is 0 Å². The molecule has 1 aromatic rings. The van der Waals surface area contributed by atoms with Gasteiger partial charge in [-0.2, -0.15) is 0 Å². The van der Waals surface area contributed by atoms with Crippen LogP contribution in [0, 0.1) is 5.41 Å². The van der Waals surface area contributed by atoms with Crippen molar-refractivity contribution in [3.8, 4) is 0 Å². The maximum absolute atomic E-state index is 12.8. The lowest BCUT2D eigenvalue weighted by molar-refractivity contribution is -0.183. The van der Waals surface area contributed by atoms with Crippen molar-refractivity contribution in [1.82, 2.24) is 0 Å². The molecule has 6 heteroatoms. The molecule has 0 heterocycles. The second-order valence-corrected chi connectivity index (χ2v) is 9.22. The molecule has 0 aliphatic carbocycles. The van der Waals surface area contributed by atoms with Crippen LogP contribution in [0.25, 0.3) is 0 Å². The summed E-state index contributed by atoms with van der Waals surface area (Å²) in [6.45, 7) is 10.0. The lowest BCUT2D eigenvalue weighted by Gasteiger charge is -2.43. The number of unbranched alkanes of at least 4 members (excludes halogenated alkanes) is 4. The molecule has 0 bridgehead atoms. The molecule has 1 rings (SSSR count). The fourth-order valence-electron chi connectivity index (χ4n) is 4.50. The standard InChI is InChI=1S/C29H46O6/c1-6-11-14-20-26(30)34-24(8-3)29(10-5,22-33-28(32)23-18-16-13-17-19-23)25(9-4)35-27(31)21-15-12-7-2/h13,16-19,24-25H,6-12,14-15,20-22H2,1-5H3. The van der Waals surface area contributed by atoms with Gasteiger partial charge in [0, 0.05) is 12.8 Å². The lowest BCUT2D eigenvalue weighted by atomic mass is 9.72. The van der Waals surface area contributed by atoms with Gasteiger partial charge in [0.05, 0.1) is 11.0 Å². The summed E-state index contributed by atoms with van der Waals surface area (Å²) in [5.41, 5.74) is -0.388.